The fourth-order valence-electron chi connectivity index (χ4n) is 1.19. The Morgan fingerprint density at radius 1 is 1.12 bits per heavy atom. The van der Waals surface area contributed by atoms with Crippen LogP contribution in [0, 0.1) is 0 Å². The first-order valence-electron chi connectivity index (χ1n) is 5.78. The Labute approximate surface area is 108 Å². The van der Waals surface area contributed by atoms with Gasteiger partial charge in [-0.3, -0.25) is 4.79 Å². The minimum absolute atomic E-state index is 0.0803. The third-order valence-electron chi connectivity index (χ3n) is 1.84. The summed E-state index contributed by atoms with van der Waals surface area (Å²) < 4.78 is 10.2. The average molecular weight is 259 g/mol. The molecule has 0 aromatic heterocycles. The third-order valence-corrected chi connectivity index (χ3v) is 2.15. The predicted octanol–water partition coefficient (Wildman–Crippen LogP) is 4.32. The molecular formula is C13H19ClO3. The summed E-state index contributed by atoms with van der Waals surface area (Å²) in [6.45, 7) is 9.65. The summed E-state index contributed by atoms with van der Waals surface area (Å²) in [6.07, 6.45) is 0. The van der Waals surface area contributed by atoms with Gasteiger partial charge >= 0.3 is 0 Å². The van der Waals surface area contributed by atoms with Crippen molar-refractivity contribution in [1.82, 2.24) is 0 Å². The van der Waals surface area contributed by atoms with E-state index < -0.39 is 0 Å². The van der Waals surface area contributed by atoms with Crippen molar-refractivity contribution in [3.8, 4) is 11.5 Å². The van der Waals surface area contributed by atoms with Crippen molar-refractivity contribution >= 4 is 17.4 Å². The second-order valence-corrected chi connectivity index (χ2v) is 3.15. The second-order valence-electron chi connectivity index (χ2n) is 2.74. The van der Waals surface area contributed by atoms with Crippen LogP contribution in [0.2, 0.25) is 5.02 Å². The van der Waals surface area contributed by atoms with Gasteiger partial charge in [0, 0.05) is 11.6 Å². The first-order valence-corrected chi connectivity index (χ1v) is 6.16. The molecule has 0 N–H and O–H groups in total. The number of halogens is 1. The number of ether oxygens (including phenoxy) is 2. The second kappa shape index (κ2) is 7.96. The molecule has 1 aliphatic rings. The molecule has 1 aliphatic heterocycles. The van der Waals surface area contributed by atoms with E-state index in [0.717, 1.165) is 0 Å². The monoisotopic (exact) mass is 258 g/mol. The van der Waals surface area contributed by atoms with Crippen LogP contribution in [0.25, 0.3) is 0 Å². The molecule has 0 amide bonds. The smallest absolute Gasteiger partial charge is 0.231 e. The molecule has 0 aliphatic carbocycles. The Bertz CT molecular complexity index is 375. The van der Waals surface area contributed by atoms with Gasteiger partial charge in [-0.1, -0.05) is 39.3 Å². The molecule has 0 radical (unpaired) electrons. The number of carbonyl (C=O) groups excluding carboxylic acids is 1. The van der Waals surface area contributed by atoms with Gasteiger partial charge in [0.1, 0.15) is 0 Å². The maximum absolute atomic E-state index is 11.1. The third kappa shape index (κ3) is 3.93. The first kappa shape index (κ1) is 15.8. The maximum atomic E-state index is 11.1. The lowest BCUT2D eigenvalue weighted by Gasteiger charge is -2.01. The predicted molar refractivity (Wildman–Crippen MR) is 70.3 cm³/mol. The molecule has 2 rings (SSSR count). The first-order chi connectivity index (χ1) is 8.18. The van der Waals surface area contributed by atoms with E-state index in [1.807, 2.05) is 27.7 Å². The molecule has 0 atom stereocenters. The van der Waals surface area contributed by atoms with Crippen molar-refractivity contribution < 1.29 is 14.3 Å². The Kier molecular flexibility index (Phi) is 7.39. The topological polar surface area (TPSA) is 35.5 Å². The summed E-state index contributed by atoms with van der Waals surface area (Å²) in [5.74, 6) is 1.09. The van der Waals surface area contributed by atoms with Crippen molar-refractivity contribution in [2.45, 2.75) is 34.6 Å². The number of rotatable bonds is 1. The molecule has 0 spiro atoms. The lowest BCUT2D eigenvalue weighted by Crippen LogP contribution is -1.93. The Hall–Kier alpha value is -1.22. The average Bonchev–Trinajstić information content (AvgIpc) is 2.80. The van der Waals surface area contributed by atoms with Crippen LogP contribution in [0.4, 0.5) is 0 Å². The molecule has 96 valence electrons. The van der Waals surface area contributed by atoms with E-state index in [4.69, 9.17) is 21.1 Å². The van der Waals surface area contributed by atoms with Gasteiger partial charge in [0.25, 0.3) is 0 Å². The zero-order valence-electron chi connectivity index (χ0n) is 11.0. The number of fused-ring (bicyclic) bond motifs is 1. The van der Waals surface area contributed by atoms with E-state index in [0.29, 0.717) is 22.1 Å². The van der Waals surface area contributed by atoms with E-state index in [2.05, 4.69) is 0 Å². The van der Waals surface area contributed by atoms with Crippen LogP contribution in [0.15, 0.2) is 12.1 Å². The van der Waals surface area contributed by atoms with E-state index in [1.165, 1.54) is 6.92 Å². The molecule has 1 aromatic rings. The molecule has 17 heavy (non-hydrogen) atoms. The summed E-state index contributed by atoms with van der Waals surface area (Å²) in [7, 11) is 0. The van der Waals surface area contributed by atoms with Crippen LogP contribution in [0.1, 0.15) is 45.0 Å². The van der Waals surface area contributed by atoms with Gasteiger partial charge in [0.2, 0.25) is 6.79 Å². The fraction of sp³-hybridized carbons (Fsp3) is 0.462. The number of hydrogen-bond donors (Lipinski definition) is 0. The fourth-order valence-corrected chi connectivity index (χ4v) is 1.47. The molecule has 0 bridgehead atoms. The van der Waals surface area contributed by atoms with Gasteiger partial charge in [-0.15, -0.1) is 0 Å². The van der Waals surface area contributed by atoms with Gasteiger partial charge in [-0.2, -0.15) is 0 Å². The highest BCUT2D eigenvalue weighted by molar-refractivity contribution is 6.34. The van der Waals surface area contributed by atoms with Crippen LogP contribution >= 0.6 is 11.6 Å². The highest BCUT2D eigenvalue weighted by Crippen LogP contribution is 2.36. The Balaban J connectivity index is 0.000000581. The Morgan fingerprint density at radius 2 is 1.59 bits per heavy atom. The molecule has 3 nitrogen and oxygen atoms in total. The summed E-state index contributed by atoms with van der Waals surface area (Å²) in [4.78, 5) is 11.1. The number of carbonyl (C=O) groups is 1. The van der Waals surface area contributed by atoms with Gasteiger partial charge < -0.3 is 9.47 Å². The van der Waals surface area contributed by atoms with Crippen LogP contribution in [0.5, 0.6) is 11.5 Å². The number of ketones is 1. The van der Waals surface area contributed by atoms with Crippen molar-refractivity contribution in [3.63, 3.8) is 0 Å². The standard InChI is InChI=1S/C9H7ClO3.2C2H6/c1-5(11)6-2-8-9(3-7(6)10)13-4-12-8;2*1-2/h2-3H,4H2,1H3;2*1-2H3. The quantitative estimate of drug-likeness (QED) is 0.704. The van der Waals surface area contributed by atoms with E-state index in [-0.39, 0.29) is 12.6 Å². The number of benzene rings is 1. The van der Waals surface area contributed by atoms with Gasteiger partial charge in [-0.25, -0.2) is 0 Å². The molecule has 0 fully saturated rings. The van der Waals surface area contributed by atoms with Crippen LogP contribution in [-0.2, 0) is 0 Å². The van der Waals surface area contributed by atoms with Crippen molar-refractivity contribution in [2.75, 3.05) is 6.79 Å². The number of Topliss-reactive ketones (excluding diaryl/α,β-unsaturated/α-hetero) is 1. The molecule has 1 heterocycles. The molecule has 0 saturated carbocycles. The zero-order chi connectivity index (χ0) is 13.4. The largest absolute Gasteiger partial charge is 0.454 e. The summed E-state index contributed by atoms with van der Waals surface area (Å²) in [5.41, 5.74) is 0.464. The molecular weight excluding hydrogens is 240 g/mol. The molecule has 0 unspecified atom stereocenters. The molecule has 4 heteroatoms. The van der Waals surface area contributed by atoms with Gasteiger partial charge in [-0.05, 0) is 13.0 Å². The van der Waals surface area contributed by atoms with Crippen LogP contribution in [-0.4, -0.2) is 12.6 Å². The van der Waals surface area contributed by atoms with Crippen molar-refractivity contribution in [3.05, 3.63) is 22.7 Å². The highest BCUT2D eigenvalue weighted by atomic mass is 35.5. The summed E-state index contributed by atoms with van der Waals surface area (Å²) in [6, 6.07) is 3.20. The van der Waals surface area contributed by atoms with E-state index in [1.54, 1.807) is 12.1 Å². The maximum Gasteiger partial charge on any atom is 0.231 e. The van der Waals surface area contributed by atoms with Gasteiger partial charge in [0.05, 0.1) is 5.02 Å². The summed E-state index contributed by atoms with van der Waals surface area (Å²) in [5, 5.41) is 0.400. The SMILES string of the molecule is CC.CC.CC(=O)c1cc2c(cc1Cl)OCO2. The van der Waals surface area contributed by atoms with Crippen LogP contribution in [0.3, 0.4) is 0 Å². The lowest BCUT2D eigenvalue weighted by molar-refractivity contribution is 0.101. The Morgan fingerprint density at radius 3 is 2.06 bits per heavy atom. The van der Waals surface area contributed by atoms with E-state index >= 15 is 0 Å². The summed E-state index contributed by atoms with van der Waals surface area (Å²) >= 11 is 5.85. The minimum Gasteiger partial charge on any atom is -0.454 e. The van der Waals surface area contributed by atoms with Crippen molar-refractivity contribution in [1.29, 1.82) is 0 Å². The van der Waals surface area contributed by atoms with Crippen LogP contribution < -0.4 is 9.47 Å². The molecule has 1 aromatic carbocycles. The molecule has 0 saturated heterocycles. The number of hydrogen-bond acceptors (Lipinski definition) is 3. The van der Waals surface area contributed by atoms with Gasteiger partial charge in [0.15, 0.2) is 17.3 Å². The normalized spacial score (nSPS) is 10.7. The highest BCUT2D eigenvalue weighted by Gasteiger charge is 2.17. The van der Waals surface area contributed by atoms with E-state index in [9.17, 15) is 4.79 Å². The minimum atomic E-state index is -0.0803. The van der Waals surface area contributed by atoms with Crippen molar-refractivity contribution in [2.24, 2.45) is 0 Å². The zero-order valence-corrected chi connectivity index (χ0v) is 11.7. The lowest BCUT2D eigenvalue weighted by atomic mass is 10.1.